The highest BCUT2D eigenvalue weighted by atomic mass is 14.8. The van der Waals surface area contributed by atoms with Crippen LogP contribution in [-0.2, 0) is 0 Å². The number of aryl methyl sites for hydroxylation is 1. The van der Waals surface area contributed by atoms with E-state index in [0.717, 1.165) is 16.7 Å². The Morgan fingerprint density at radius 2 is 1.79 bits per heavy atom. The van der Waals surface area contributed by atoms with E-state index in [-0.39, 0.29) is 0 Å². The highest BCUT2D eigenvalue weighted by Crippen LogP contribution is 2.19. The van der Waals surface area contributed by atoms with Gasteiger partial charge in [-0.3, -0.25) is 0 Å². The zero-order chi connectivity index (χ0) is 9.97. The molecule has 0 aliphatic heterocycles. The maximum atomic E-state index is 5.62. The van der Waals surface area contributed by atoms with Gasteiger partial charge in [-0.15, -0.1) is 0 Å². The zero-order valence-corrected chi connectivity index (χ0v) is 7.81. The number of pyridine rings is 1. The minimum atomic E-state index is 0.561. The lowest BCUT2D eigenvalue weighted by Crippen LogP contribution is -1.94. The molecule has 4 heteroatoms. The van der Waals surface area contributed by atoms with Crippen molar-refractivity contribution < 1.29 is 0 Å². The average molecular weight is 186 g/mol. The van der Waals surface area contributed by atoms with Crippen LogP contribution in [0.4, 0.5) is 5.82 Å². The Labute approximate surface area is 81.9 Å². The summed E-state index contributed by atoms with van der Waals surface area (Å²) in [5.41, 5.74) is 8.52. The lowest BCUT2D eigenvalue weighted by atomic mass is 10.1. The van der Waals surface area contributed by atoms with E-state index in [1.807, 2.05) is 13.0 Å². The van der Waals surface area contributed by atoms with Gasteiger partial charge in [0.25, 0.3) is 0 Å². The van der Waals surface area contributed by atoms with E-state index >= 15 is 0 Å². The van der Waals surface area contributed by atoms with Crippen LogP contribution in [0.15, 0.2) is 31.0 Å². The van der Waals surface area contributed by atoms with Crippen molar-refractivity contribution in [2.45, 2.75) is 6.92 Å². The van der Waals surface area contributed by atoms with E-state index in [4.69, 9.17) is 5.73 Å². The van der Waals surface area contributed by atoms with Gasteiger partial charge in [0.15, 0.2) is 0 Å². The van der Waals surface area contributed by atoms with Gasteiger partial charge in [-0.2, -0.15) is 0 Å². The number of hydrogen-bond acceptors (Lipinski definition) is 4. The van der Waals surface area contributed by atoms with Crippen molar-refractivity contribution in [2.75, 3.05) is 5.73 Å². The van der Waals surface area contributed by atoms with E-state index in [1.54, 1.807) is 18.6 Å². The van der Waals surface area contributed by atoms with E-state index in [9.17, 15) is 0 Å². The molecule has 2 aromatic heterocycles. The first-order valence-electron chi connectivity index (χ1n) is 4.25. The Kier molecular flexibility index (Phi) is 2.10. The first-order chi connectivity index (χ1) is 6.77. The van der Waals surface area contributed by atoms with Crippen molar-refractivity contribution in [3.05, 3.63) is 36.5 Å². The Morgan fingerprint density at radius 3 is 2.43 bits per heavy atom. The molecule has 0 aliphatic rings. The molecule has 0 saturated heterocycles. The normalized spacial score (nSPS) is 10.1. The Balaban J connectivity index is 2.48. The second-order valence-electron chi connectivity index (χ2n) is 3.05. The first-order valence-corrected chi connectivity index (χ1v) is 4.25. The zero-order valence-electron chi connectivity index (χ0n) is 7.81. The summed E-state index contributed by atoms with van der Waals surface area (Å²) in [4.78, 5) is 12.0. The van der Waals surface area contributed by atoms with Crippen LogP contribution >= 0.6 is 0 Å². The van der Waals surface area contributed by atoms with Gasteiger partial charge in [0.1, 0.15) is 12.1 Å². The number of anilines is 1. The highest BCUT2D eigenvalue weighted by molar-refractivity contribution is 5.63. The molecule has 0 radical (unpaired) electrons. The summed E-state index contributed by atoms with van der Waals surface area (Å²) < 4.78 is 0. The minimum Gasteiger partial charge on any atom is -0.383 e. The second-order valence-corrected chi connectivity index (χ2v) is 3.05. The van der Waals surface area contributed by atoms with Gasteiger partial charge >= 0.3 is 0 Å². The smallest absolute Gasteiger partial charge is 0.126 e. The fourth-order valence-electron chi connectivity index (χ4n) is 1.19. The van der Waals surface area contributed by atoms with E-state index in [0.29, 0.717) is 5.82 Å². The Bertz CT molecular complexity index is 439. The topological polar surface area (TPSA) is 64.7 Å². The van der Waals surface area contributed by atoms with Crippen molar-refractivity contribution in [2.24, 2.45) is 0 Å². The Morgan fingerprint density at radius 1 is 1.07 bits per heavy atom. The molecule has 2 rings (SSSR count). The molecule has 14 heavy (non-hydrogen) atoms. The van der Waals surface area contributed by atoms with Crippen LogP contribution in [0.5, 0.6) is 0 Å². The molecule has 0 amide bonds. The molecule has 0 atom stereocenters. The van der Waals surface area contributed by atoms with Crippen molar-refractivity contribution in [3.63, 3.8) is 0 Å². The molecular formula is C10H10N4. The summed E-state index contributed by atoms with van der Waals surface area (Å²) in [5, 5.41) is 0. The molecule has 0 saturated carbocycles. The van der Waals surface area contributed by atoms with Crippen LogP contribution in [0, 0.1) is 6.92 Å². The molecule has 0 fully saturated rings. The van der Waals surface area contributed by atoms with Crippen molar-refractivity contribution in [1.29, 1.82) is 0 Å². The second kappa shape index (κ2) is 3.41. The van der Waals surface area contributed by atoms with Crippen LogP contribution in [0.25, 0.3) is 11.1 Å². The number of hydrogen-bond donors (Lipinski definition) is 1. The standard InChI is InChI=1S/C10H10N4/c1-7-2-8(5-14-10(7)11)9-3-12-6-13-4-9/h2-6H,1H3,(H2,11,14). The maximum absolute atomic E-state index is 5.62. The van der Waals surface area contributed by atoms with Crippen molar-refractivity contribution in [1.82, 2.24) is 15.0 Å². The third-order valence-electron chi connectivity index (χ3n) is 2.01. The van der Waals surface area contributed by atoms with Crippen LogP contribution < -0.4 is 5.73 Å². The summed E-state index contributed by atoms with van der Waals surface area (Å²) in [6.07, 6.45) is 6.72. The summed E-state index contributed by atoms with van der Waals surface area (Å²) in [5.74, 6) is 0.561. The van der Waals surface area contributed by atoms with Crippen LogP contribution in [-0.4, -0.2) is 15.0 Å². The lowest BCUT2D eigenvalue weighted by molar-refractivity contribution is 1.16. The summed E-state index contributed by atoms with van der Waals surface area (Å²) in [6, 6.07) is 1.97. The van der Waals surface area contributed by atoms with E-state index < -0.39 is 0 Å². The quantitative estimate of drug-likeness (QED) is 0.731. The third kappa shape index (κ3) is 1.54. The van der Waals surface area contributed by atoms with Gasteiger partial charge in [0, 0.05) is 29.7 Å². The number of aromatic nitrogens is 3. The molecule has 2 aromatic rings. The van der Waals surface area contributed by atoms with Gasteiger partial charge in [-0.05, 0) is 18.6 Å². The monoisotopic (exact) mass is 186 g/mol. The van der Waals surface area contributed by atoms with Crippen LogP contribution in [0.3, 0.4) is 0 Å². The first kappa shape index (κ1) is 8.62. The van der Waals surface area contributed by atoms with E-state index in [1.165, 1.54) is 6.33 Å². The predicted molar refractivity (Wildman–Crippen MR) is 54.4 cm³/mol. The minimum absolute atomic E-state index is 0.561. The SMILES string of the molecule is Cc1cc(-c2cncnc2)cnc1N. The molecule has 0 aliphatic carbocycles. The van der Waals surface area contributed by atoms with E-state index in [2.05, 4.69) is 15.0 Å². The van der Waals surface area contributed by atoms with Crippen LogP contribution in [0.2, 0.25) is 0 Å². The molecule has 70 valence electrons. The number of nitrogen functional groups attached to an aromatic ring is 1. The van der Waals surface area contributed by atoms with Gasteiger partial charge in [0.05, 0.1) is 0 Å². The lowest BCUT2D eigenvalue weighted by Gasteiger charge is -2.02. The molecule has 0 unspecified atom stereocenters. The molecule has 2 heterocycles. The third-order valence-corrected chi connectivity index (χ3v) is 2.01. The molecular weight excluding hydrogens is 176 g/mol. The Hall–Kier alpha value is -1.97. The highest BCUT2D eigenvalue weighted by Gasteiger charge is 2.00. The summed E-state index contributed by atoms with van der Waals surface area (Å²) in [7, 11) is 0. The number of nitrogens with zero attached hydrogens (tertiary/aromatic N) is 3. The summed E-state index contributed by atoms with van der Waals surface area (Å²) in [6.45, 7) is 1.93. The van der Waals surface area contributed by atoms with Crippen molar-refractivity contribution in [3.8, 4) is 11.1 Å². The van der Waals surface area contributed by atoms with Gasteiger partial charge in [-0.1, -0.05) is 0 Å². The largest absolute Gasteiger partial charge is 0.383 e. The molecule has 0 aromatic carbocycles. The molecule has 0 bridgehead atoms. The number of nitrogens with two attached hydrogens (primary N) is 1. The average Bonchev–Trinajstić information content (AvgIpc) is 2.23. The predicted octanol–water partition coefficient (Wildman–Crippen LogP) is 1.43. The number of rotatable bonds is 1. The fourth-order valence-corrected chi connectivity index (χ4v) is 1.19. The molecule has 2 N–H and O–H groups in total. The molecule has 4 nitrogen and oxygen atoms in total. The van der Waals surface area contributed by atoms with Gasteiger partial charge < -0.3 is 5.73 Å². The van der Waals surface area contributed by atoms with Gasteiger partial charge in [-0.25, -0.2) is 15.0 Å². The molecule has 0 spiro atoms. The maximum Gasteiger partial charge on any atom is 0.126 e. The fraction of sp³-hybridized carbons (Fsp3) is 0.100. The van der Waals surface area contributed by atoms with Crippen molar-refractivity contribution >= 4 is 5.82 Å². The van der Waals surface area contributed by atoms with Crippen LogP contribution in [0.1, 0.15) is 5.56 Å². The summed E-state index contributed by atoms with van der Waals surface area (Å²) >= 11 is 0. The van der Waals surface area contributed by atoms with Gasteiger partial charge in [0.2, 0.25) is 0 Å².